The predicted molar refractivity (Wildman–Crippen MR) is 67.7 cm³/mol. The Balaban J connectivity index is 2.34. The number of nitrogens with one attached hydrogen (secondary N) is 1. The van der Waals surface area contributed by atoms with Gasteiger partial charge in [0.25, 0.3) is 0 Å². The van der Waals surface area contributed by atoms with Crippen molar-refractivity contribution >= 4 is 23.3 Å². The number of nitrogens with two attached hydrogens (primary N) is 1. The van der Waals surface area contributed by atoms with E-state index in [4.69, 9.17) is 17.3 Å². The van der Waals surface area contributed by atoms with Crippen LogP contribution in [0.2, 0.25) is 5.15 Å². The highest BCUT2D eigenvalue weighted by Gasteiger charge is 2.07. The molecule has 0 aliphatic rings. The highest BCUT2D eigenvalue weighted by Crippen LogP contribution is 2.12. The van der Waals surface area contributed by atoms with E-state index >= 15 is 0 Å². The van der Waals surface area contributed by atoms with Crippen LogP contribution >= 0.6 is 11.6 Å². The average Bonchev–Trinajstić information content (AvgIpc) is 2.27. The van der Waals surface area contributed by atoms with E-state index in [0.717, 1.165) is 12.8 Å². The van der Waals surface area contributed by atoms with Crippen LogP contribution in [0.5, 0.6) is 0 Å². The molecule has 0 radical (unpaired) electrons. The van der Waals surface area contributed by atoms with Gasteiger partial charge in [-0.25, -0.2) is 9.97 Å². The summed E-state index contributed by atoms with van der Waals surface area (Å²) < 4.78 is 0. The van der Waals surface area contributed by atoms with Gasteiger partial charge in [-0.05, 0) is 25.3 Å². The molecule has 0 aliphatic heterocycles. The average molecular weight is 257 g/mol. The van der Waals surface area contributed by atoms with E-state index in [-0.39, 0.29) is 5.91 Å². The van der Waals surface area contributed by atoms with Gasteiger partial charge in [0.15, 0.2) is 0 Å². The monoisotopic (exact) mass is 256 g/mol. The summed E-state index contributed by atoms with van der Waals surface area (Å²) in [4.78, 5) is 19.2. The third-order valence-corrected chi connectivity index (χ3v) is 2.63. The Kier molecular flexibility index (Phi) is 5.86. The topological polar surface area (TPSA) is 80.9 Å². The maximum Gasteiger partial charge on any atom is 0.225 e. The lowest BCUT2D eigenvalue weighted by molar-refractivity contribution is -0.116. The Morgan fingerprint density at radius 1 is 1.53 bits per heavy atom. The molecular weight excluding hydrogens is 240 g/mol. The first-order valence-electron chi connectivity index (χ1n) is 5.59. The number of carbonyl (C=O) groups is 1. The van der Waals surface area contributed by atoms with Crippen molar-refractivity contribution in [3.63, 3.8) is 0 Å². The van der Waals surface area contributed by atoms with Crippen LogP contribution in [0.1, 0.15) is 26.2 Å². The first kappa shape index (κ1) is 13.9. The lowest BCUT2D eigenvalue weighted by Crippen LogP contribution is -2.14. The molecule has 94 valence electrons. The number of hydrogen-bond donors (Lipinski definition) is 2. The molecule has 0 fully saturated rings. The van der Waals surface area contributed by atoms with Crippen molar-refractivity contribution in [2.24, 2.45) is 11.7 Å². The quantitative estimate of drug-likeness (QED) is 0.761. The van der Waals surface area contributed by atoms with Crippen molar-refractivity contribution in [3.05, 3.63) is 17.5 Å². The van der Waals surface area contributed by atoms with Crippen LogP contribution in [0, 0.1) is 5.92 Å². The molecule has 3 N–H and O–H groups in total. The summed E-state index contributed by atoms with van der Waals surface area (Å²) in [6.07, 6.45) is 3.53. The van der Waals surface area contributed by atoms with E-state index in [0.29, 0.717) is 29.9 Å². The summed E-state index contributed by atoms with van der Waals surface area (Å²) in [5.74, 6) is 0.824. The van der Waals surface area contributed by atoms with E-state index < -0.39 is 0 Å². The van der Waals surface area contributed by atoms with Crippen LogP contribution in [0.3, 0.4) is 0 Å². The first-order valence-corrected chi connectivity index (χ1v) is 5.97. The largest absolute Gasteiger partial charge is 0.330 e. The molecule has 1 aromatic rings. The minimum absolute atomic E-state index is 0.0661. The standard InChI is InChI=1S/C11H17ClN4O/c1-8(4-5-13)2-3-11(17)16-10-6-9(12)14-7-15-10/h6-8H,2-5,13H2,1H3,(H,14,15,16,17). The van der Waals surface area contributed by atoms with E-state index in [1.54, 1.807) is 0 Å². The second-order valence-corrected chi connectivity index (χ2v) is 4.38. The predicted octanol–water partition coefficient (Wildman–Crippen LogP) is 1.83. The molecule has 1 rings (SSSR count). The highest BCUT2D eigenvalue weighted by molar-refractivity contribution is 6.29. The van der Waals surface area contributed by atoms with E-state index in [1.165, 1.54) is 12.4 Å². The van der Waals surface area contributed by atoms with Crippen molar-refractivity contribution in [1.82, 2.24) is 9.97 Å². The zero-order valence-corrected chi connectivity index (χ0v) is 10.6. The van der Waals surface area contributed by atoms with Gasteiger partial charge in [-0.1, -0.05) is 18.5 Å². The lowest BCUT2D eigenvalue weighted by atomic mass is 10.0. The van der Waals surface area contributed by atoms with Gasteiger partial charge in [-0.2, -0.15) is 0 Å². The van der Waals surface area contributed by atoms with Crippen LogP contribution < -0.4 is 11.1 Å². The second kappa shape index (κ2) is 7.19. The third kappa shape index (κ3) is 5.60. The molecule has 1 heterocycles. The Morgan fingerprint density at radius 3 is 2.94 bits per heavy atom. The van der Waals surface area contributed by atoms with Crippen LogP contribution in [0.15, 0.2) is 12.4 Å². The molecular formula is C11H17ClN4O. The summed E-state index contributed by atoms with van der Waals surface area (Å²) >= 11 is 5.68. The molecule has 1 amide bonds. The van der Waals surface area contributed by atoms with E-state index in [2.05, 4.69) is 22.2 Å². The van der Waals surface area contributed by atoms with Crippen LogP contribution in [0.25, 0.3) is 0 Å². The third-order valence-electron chi connectivity index (χ3n) is 2.42. The summed E-state index contributed by atoms with van der Waals surface area (Å²) in [5, 5.41) is 2.99. The fourth-order valence-corrected chi connectivity index (χ4v) is 1.56. The Bertz CT molecular complexity index is 372. The number of rotatable bonds is 6. The van der Waals surface area contributed by atoms with Gasteiger partial charge >= 0.3 is 0 Å². The molecule has 0 aliphatic carbocycles. The van der Waals surface area contributed by atoms with E-state index in [9.17, 15) is 4.79 Å². The summed E-state index contributed by atoms with van der Waals surface area (Å²) in [6.45, 7) is 2.74. The van der Waals surface area contributed by atoms with Gasteiger partial charge < -0.3 is 11.1 Å². The van der Waals surface area contributed by atoms with Crippen LogP contribution in [-0.4, -0.2) is 22.4 Å². The summed E-state index contributed by atoms with van der Waals surface area (Å²) in [5.41, 5.74) is 5.44. The number of halogens is 1. The van der Waals surface area contributed by atoms with Crippen molar-refractivity contribution in [3.8, 4) is 0 Å². The summed E-state index contributed by atoms with van der Waals surface area (Å²) in [6, 6.07) is 1.52. The van der Waals surface area contributed by atoms with Gasteiger partial charge in [0, 0.05) is 12.5 Å². The highest BCUT2D eigenvalue weighted by atomic mass is 35.5. The Morgan fingerprint density at radius 2 is 2.29 bits per heavy atom. The minimum atomic E-state index is -0.0661. The number of carbonyl (C=O) groups excluding carboxylic acids is 1. The number of nitrogens with zero attached hydrogens (tertiary/aromatic N) is 2. The van der Waals surface area contributed by atoms with Crippen LogP contribution in [0.4, 0.5) is 5.82 Å². The van der Waals surface area contributed by atoms with Crippen molar-refractivity contribution < 1.29 is 4.79 Å². The first-order chi connectivity index (χ1) is 8.11. The van der Waals surface area contributed by atoms with Crippen LogP contribution in [-0.2, 0) is 4.79 Å². The van der Waals surface area contributed by atoms with Gasteiger partial charge in [0.1, 0.15) is 17.3 Å². The maximum absolute atomic E-state index is 11.6. The second-order valence-electron chi connectivity index (χ2n) is 4.00. The van der Waals surface area contributed by atoms with Gasteiger partial charge in [-0.3, -0.25) is 4.79 Å². The normalized spacial score (nSPS) is 12.2. The molecule has 1 unspecified atom stereocenters. The fraction of sp³-hybridized carbons (Fsp3) is 0.545. The molecule has 1 aromatic heterocycles. The molecule has 0 aromatic carbocycles. The number of aromatic nitrogens is 2. The number of hydrogen-bond acceptors (Lipinski definition) is 4. The molecule has 0 spiro atoms. The van der Waals surface area contributed by atoms with Crippen molar-refractivity contribution in [2.75, 3.05) is 11.9 Å². The molecule has 1 atom stereocenters. The molecule has 6 heteroatoms. The molecule has 5 nitrogen and oxygen atoms in total. The van der Waals surface area contributed by atoms with Gasteiger partial charge in [-0.15, -0.1) is 0 Å². The SMILES string of the molecule is CC(CCN)CCC(=O)Nc1cc(Cl)ncn1. The van der Waals surface area contributed by atoms with Crippen molar-refractivity contribution in [2.45, 2.75) is 26.2 Å². The fourth-order valence-electron chi connectivity index (χ4n) is 1.41. The van der Waals surface area contributed by atoms with Crippen molar-refractivity contribution in [1.29, 1.82) is 0 Å². The molecule has 0 saturated carbocycles. The summed E-state index contributed by atoms with van der Waals surface area (Å²) in [7, 11) is 0. The minimum Gasteiger partial charge on any atom is -0.330 e. The van der Waals surface area contributed by atoms with Gasteiger partial charge in [0.05, 0.1) is 0 Å². The number of amides is 1. The molecule has 17 heavy (non-hydrogen) atoms. The van der Waals surface area contributed by atoms with E-state index in [1.807, 2.05) is 0 Å². The smallest absolute Gasteiger partial charge is 0.225 e. The Hall–Kier alpha value is -1.20. The zero-order valence-electron chi connectivity index (χ0n) is 9.82. The Labute approximate surface area is 106 Å². The number of anilines is 1. The van der Waals surface area contributed by atoms with Gasteiger partial charge in [0.2, 0.25) is 5.91 Å². The lowest BCUT2D eigenvalue weighted by Gasteiger charge is -2.09. The molecule has 0 saturated heterocycles. The molecule has 0 bridgehead atoms. The zero-order chi connectivity index (χ0) is 12.7. The maximum atomic E-state index is 11.6.